The summed E-state index contributed by atoms with van der Waals surface area (Å²) in [7, 11) is 0. The van der Waals surface area contributed by atoms with Gasteiger partial charge in [0, 0.05) is 18.8 Å². The number of nitrogens with zero attached hydrogens (tertiary/aromatic N) is 1. The maximum Gasteiger partial charge on any atom is 0.0429 e. The maximum absolute atomic E-state index is 2.49. The van der Waals surface area contributed by atoms with Crippen molar-refractivity contribution in [2.75, 3.05) is 11.4 Å². The van der Waals surface area contributed by atoms with Crippen LogP contribution < -0.4 is 4.90 Å². The van der Waals surface area contributed by atoms with Crippen molar-refractivity contribution in [2.24, 2.45) is 0 Å². The summed E-state index contributed by atoms with van der Waals surface area (Å²) < 4.78 is 0. The molecule has 2 aromatic carbocycles. The molecule has 0 aromatic heterocycles. The highest BCUT2D eigenvalue weighted by Crippen LogP contribution is 2.18. The smallest absolute Gasteiger partial charge is 0.0429 e. The molecule has 0 unspecified atom stereocenters. The number of para-hydroxylation sites is 1. The zero-order valence-corrected chi connectivity index (χ0v) is 12.5. The lowest BCUT2D eigenvalue weighted by molar-refractivity contribution is 0.642. The summed E-state index contributed by atoms with van der Waals surface area (Å²) in [4.78, 5) is 2.49. The average Bonchev–Trinajstić information content (AvgIpc) is 2.52. The fourth-order valence-corrected chi connectivity index (χ4v) is 2.47. The normalized spacial score (nSPS) is 10.4. The fraction of sp³-hybridized carbons (Fsp3) is 0.368. The number of rotatable bonds is 8. The predicted molar refractivity (Wildman–Crippen MR) is 88.1 cm³/mol. The van der Waals surface area contributed by atoms with Crippen molar-refractivity contribution in [3.63, 3.8) is 0 Å². The Labute approximate surface area is 123 Å². The topological polar surface area (TPSA) is 3.24 Å². The lowest BCUT2D eigenvalue weighted by Gasteiger charge is -2.25. The van der Waals surface area contributed by atoms with Crippen LogP contribution in [0.5, 0.6) is 0 Å². The molecule has 2 aromatic rings. The van der Waals surface area contributed by atoms with Crippen LogP contribution in [0.4, 0.5) is 5.69 Å². The number of hydrogen-bond acceptors (Lipinski definition) is 1. The highest BCUT2D eigenvalue weighted by atomic mass is 15.1. The third kappa shape index (κ3) is 4.73. The average molecular weight is 267 g/mol. The van der Waals surface area contributed by atoms with E-state index in [9.17, 15) is 0 Å². The van der Waals surface area contributed by atoms with Crippen LogP contribution in [0.2, 0.25) is 0 Å². The van der Waals surface area contributed by atoms with E-state index in [1.54, 1.807) is 0 Å². The molecule has 0 spiro atoms. The van der Waals surface area contributed by atoms with Crippen LogP contribution in [0.3, 0.4) is 0 Å². The summed E-state index contributed by atoms with van der Waals surface area (Å²) in [5.74, 6) is 0. The molecule has 0 aliphatic rings. The monoisotopic (exact) mass is 267 g/mol. The minimum absolute atomic E-state index is 0.997. The first-order chi connectivity index (χ1) is 9.90. The number of anilines is 1. The van der Waals surface area contributed by atoms with Gasteiger partial charge in [0.15, 0.2) is 0 Å². The van der Waals surface area contributed by atoms with E-state index >= 15 is 0 Å². The maximum atomic E-state index is 2.49. The second-order valence-electron chi connectivity index (χ2n) is 5.30. The van der Waals surface area contributed by atoms with Crippen molar-refractivity contribution in [1.29, 1.82) is 0 Å². The first-order valence-corrected chi connectivity index (χ1v) is 7.74. The number of unbranched alkanes of at least 4 members (excludes halogenated alkanes) is 3. The van der Waals surface area contributed by atoms with Gasteiger partial charge in [-0.2, -0.15) is 0 Å². The molecule has 0 radical (unpaired) electrons. The fourth-order valence-electron chi connectivity index (χ4n) is 2.47. The third-order valence-electron chi connectivity index (χ3n) is 3.62. The van der Waals surface area contributed by atoms with Gasteiger partial charge in [-0.15, -0.1) is 0 Å². The molecule has 0 N–H and O–H groups in total. The molecule has 106 valence electrons. The lowest BCUT2D eigenvalue weighted by Crippen LogP contribution is -2.23. The van der Waals surface area contributed by atoms with Gasteiger partial charge in [0.1, 0.15) is 0 Å². The van der Waals surface area contributed by atoms with Gasteiger partial charge in [-0.3, -0.25) is 0 Å². The lowest BCUT2D eigenvalue weighted by atomic mass is 10.1. The Balaban J connectivity index is 2.00. The molecule has 0 aliphatic carbocycles. The molecule has 2 rings (SSSR count). The largest absolute Gasteiger partial charge is 0.367 e. The van der Waals surface area contributed by atoms with Crippen LogP contribution in [-0.4, -0.2) is 6.54 Å². The quantitative estimate of drug-likeness (QED) is 0.589. The molecule has 0 saturated carbocycles. The molecule has 0 fully saturated rings. The van der Waals surface area contributed by atoms with E-state index in [1.165, 1.54) is 36.9 Å². The highest BCUT2D eigenvalue weighted by Gasteiger charge is 2.06. The van der Waals surface area contributed by atoms with Gasteiger partial charge in [0.25, 0.3) is 0 Å². The Morgan fingerprint density at radius 2 is 1.40 bits per heavy atom. The van der Waals surface area contributed by atoms with Gasteiger partial charge >= 0.3 is 0 Å². The van der Waals surface area contributed by atoms with E-state index < -0.39 is 0 Å². The van der Waals surface area contributed by atoms with E-state index in [-0.39, 0.29) is 0 Å². The third-order valence-corrected chi connectivity index (χ3v) is 3.62. The molecular weight excluding hydrogens is 242 g/mol. The van der Waals surface area contributed by atoms with Gasteiger partial charge < -0.3 is 4.90 Å². The van der Waals surface area contributed by atoms with Crippen LogP contribution >= 0.6 is 0 Å². The van der Waals surface area contributed by atoms with E-state index in [0.29, 0.717) is 0 Å². The van der Waals surface area contributed by atoms with Gasteiger partial charge in [0.2, 0.25) is 0 Å². The van der Waals surface area contributed by atoms with Crippen LogP contribution in [0, 0.1) is 0 Å². The molecule has 0 amide bonds. The number of benzene rings is 2. The molecule has 1 heteroatoms. The minimum atomic E-state index is 0.997. The minimum Gasteiger partial charge on any atom is -0.367 e. The van der Waals surface area contributed by atoms with E-state index in [2.05, 4.69) is 72.5 Å². The molecule has 0 bridgehead atoms. The zero-order valence-electron chi connectivity index (χ0n) is 12.5. The summed E-state index contributed by atoms with van der Waals surface area (Å²) >= 11 is 0. The van der Waals surface area contributed by atoms with Gasteiger partial charge in [0.05, 0.1) is 0 Å². The molecule has 0 saturated heterocycles. The van der Waals surface area contributed by atoms with Gasteiger partial charge in [-0.25, -0.2) is 0 Å². The molecule has 1 nitrogen and oxygen atoms in total. The van der Waals surface area contributed by atoms with Crippen molar-refractivity contribution in [1.82, 2.24) is 0 Å². The van der Waals surface area contributed by atoms with Gasteiger partial charge in [-0.1, -0.05) is 74.7 Å². The second kappa shape index (κ2) is 8.42. The second-order valence-corrected chi connectivity index (χ2v) is 5.30. The summed E-state index contributed by atoms with van der Waals surface area (Å²) in [5.41, 5.74) is 2.71. The van der Waals surface area contributed by atoms with Crippen LogP contribution in [0.15, 0.2) is 60.7 Å². The van der Waals surface area contributed by atoms with E-state index in [1.807, 2.05) is 0 Å². The van der Waals surface area contributed by atoms with Crippen molar-refractivity contribution in [3.05, 3.63) is 66.2 Å². The van der Waals surface area contributed by atoms with Crippen LogP contribution in [0.1, 0.15) is 38.2 Å². The Kier molecular flexibility index (Phi) is 6.16. The SMILES string of the molecule is CCCCCCN(Cc1ccccc1)c1ccccc1. The Hall–Kier alpha value is -1.76. The predicted octanol–water partition coefficient (Wildman–Crippen LogP) is 5.27. The van der Waals surface area contributed by atoms with Crippen molar-refractivity contribution < 1.29 is 0 Å². The zero-order chi connectivity index (χ0) is 14.0. The summed E-state index contributed by atoms with van der Waals surface area (Å²) in [6, 6.07) is 21.5. The molecule has 0 atom stereocenters. The van der Waals surface area contributed by atoms with E-state index in [4.69, 9.17) is 0 Å². The standard InChI is InChI=1S/C19H25N/c1-2-3-4-11-16-20(19-14-9-6-10-15-19)17-18-12-7-5-8-13-18/h5-10,12-15H,2-4,11,16-17H2,1H3. The molecule has 0 aliphatic heterocycles. The van der Waals surface area contributed by atoms with Crippen LogP contribution in [0.25, 0.3) is 0 Å². The molecule has 0 heterocycles. The van der Waals surface area contributed by atoms with Crippen molar-refractivity contribution >= 4 is 5.69 Å². The number of hydrogen-bond donors (Lipinski definition) is 0. The Bertz CT molecular complexity index is 464. The molecule has 20 heavy (non-hydrogen) atoms. The summed E-state index contributed by atoms with van der Waals surface area (Å²) in [6.07, 6.45) is 5.24. The first-order valence-electron chi connectivity index (χ1n) is 7.74. The van der Waals surface area contributed by atoms with Gasteiger partial charge in [-0.05, 0) is 24.1 Å². The Morgan fingerprint density at radius 3 is 2.05 bits per heavy atom. The Morgan fingerprint density at radius 1 is 0.750 bits per heavy atom. The summed E-state index contributed by atoms with van der Waals surface area (Å²) in [6.45, 7) is 4.40. The van der Waals surface area contributed by atoms with Crippen LogP contribution in [-0.2, 0) is 6.54 Å². The summed E-state index contributed by atoms with van der Waals surface area (Å²) in [5, 5.41) is 0. The molecular formula is C19H25N. The van der Waals surface area contributed by atoms with Crippen molar-refractivity contribution in [3.8, 4) is 0 Å². The first kappa shape index (κ1) is 14.6. The highest BCUT2D eigenvalue weighted by molar-refractivity contribution is 5.46. The van der Waals surface area contributed by atoms with E-state index in [0.717, 1.165) is 13.1 Å². The van der Waals surface area contributed by atoms with Crippen molar-refractivity contribution in [2.45, 2.75) is 39.2 Å².